The van der Waals surface area contributed by atoms with Crippen molar-refractivity contribution in [1.29, 1.82) is 0 Å². The maximum absolute atomic E-state index is 11.5. The smallest absolute Gasteiger partial charge is 0.0498 e. The molecule has 2 aromatic carbocycles. The summed E-state index contributed by atoms with van der Waals surface area (Å²) in [7, 11) is -0.919. The van der Waals surface area contributed by atoms with Crippen molar-refractivity contribution in [1.82, 2.24) is 0 Å². The number of unbranched alkanes of at least 4 members (excludes halogenated alkanes) is 1. The van der Waals surface area contributed by atoms with E-state index >= 15 is 0 Å². The van der Waals surface area contributed by atoms with Crippen molar-refractivity contribution in [2.75, 3.05) is 17.7 Å². The van der Waals surface area contributed by atoms with Crippen LogP contribution in [0.15, 0.2) is 59.5 Å². The number of para-hydroxylation sites is 1. The van der Waals surface area contributed by atoms with Crippen molar-refractivity contribution in [3.8, 4) is 0 Å². The van der Waals surface area contributed by atoms with Gasteiger partial charge in [0.25, 0.3) is 0 Å². The van der Waals surface area contributed by atoms with Gasteiger partial charge in [0.15, 0.2) is 0 Å². The van der Waals surface area contributed by atoms with Crippen LogP contribution >= 0.6 is 0 Å². The van der Waals surface area contributed by atoms with E-state index in [2.05, 4.69) is 48.2 Å². The molecular weight excluding hydrogens is 266 g/mol. The maximum atomic E-state index is 11.5. The first-order chi connectivity index (χ1) is 9.72. The zero-order valence-electron chi connectivity index (χ0n) is 12.1. The number of anilines is 2. The van der Waals surface area contributed by atoms with E-state index in [1.807, 2.05) is 18.2 Å². The summed E-state index contributed by atoms with van der Waals surface area (Å²) in [5, 5.41) is 0. The molecule has 0 N–H and O–H groups in total. The third-order valence-corrected chi connectivity index (χ3v) is 4.22. The van der Waals surface area contributed by atoms with E-state index < -0.39 is 10.8 Å². The van der Waals surface area contributed by atoms with Crippen molar-refractivity contribution in [3.63, 3.8) is 0 Å². The van der Waals surface area contributed by atoms with Gasteiger partial charge in [-0.1, -0.05) is 31.5 Å². The summed E-state index contributed by atoms with van der Waals surface area (Å²) in [4.78, 5) is 3.18. The molecule has 3 heteroatoms. The summed E-state index contributed by atoms with van der Waals surface area (Å²) < 4.78 is 11.5. The van der Waals surface area contributed by atoms with Gasteiger partial charge in [0.05, 0.1) is 0 Å². The standard InChI is InChI=1S/C17H21NOS/c1-3-4-14-18(15-8-6-5-7-9-15)16-10-12-17(13-11-16)20(2)19/h5-13H,3-4,14H2,1-2H3. The SMILES string of the molecule is CCCCN(c1ccccc1)c1ccc(S(C)=O)cc1. The molecular formula is C17H21NOS. The van der Waals surface area contributed by atoms with Crippen LogP contribution in [0.4, 0.5) is 11.4 Å². The Morgan fingerprint density at radius 3 is 2.10 bits per heavy atom. The monoisotopic (exact) mass is 287 g/mol. The van der Waals surface area contributed by atoms with Gasteiger partial charge in [-0.25, -0.2) is 0 Å². The first kappa shape index (κ1) is 14.8. The molecule has 0 saturated heterocycles. The third kappa shape index (κ3) is 3.70. The second kappa shape index (κ2) is 7.25. The summed E-state index contributed by atoms with van der Waals surface area (Å²) in [6.45, 7) is 3.20. The number of benzene rings is 2. The van der Waals surface area contributed by atoms with Crippen molar-refractivity contribution in [2.24, 2.45) is 0 Å². The largest absolute Gasteiger partial charge is 0.341 e. The predicted octanol–water partition coefficient (Wildman–Crippen LogP) is 4.36. The Kier molecular flexibility index (Phi) is 5.36. The lowest BCUT2D eigenvalue weighted by molar-refractivity contribution is 0.687. The van der Waals surface area contributed by atoms with Gasteiger partial charge < -0.3 is 4.90 Å². The summed E-state index contributed by atoms with van der Waals surface area (Å²) in [5.74, 6) is 0. The molecule has 2 nitrogen and oxygen atoms in total. The minimum absolute atomic E-state index is 0.872. The molecule has 2 rings (SSSR count). The Hall–Kier alpha value is -1.61. The van der Waals surface area contributed by atoms with Gasteiger partial charge in [0, 0.05) is 39.9 Å². The molecule has 106 valence electrons. The predicted molar refractivity (Wildman–Crippen MR) is 87.1 cm³/mol. The number of hydrogen-bond donors (Lipinski definition) is 0. The van der Waals surface area contributed by atoms with E-state index in [0.29, 0.717) is 0 Å². The Labute approximate surface area is 123 Å². The average molecular weight is 287 g/mol. The van der Waals surface area contributed by atoms with Crippen LogP contribution in [-0.4, -0.2) is 17.0 Å². The highest BCUT2D eigenvalue weighted by atomic mass is 32.2. The molecule has 0 radical (unpaired) electrons. The summed E-state index contributed by atoms with van der Waals surface area (Å²) in [6.07, 6.45) is 4.03. The fraction of sp³-hybridized carbons (Fsp3) is 0.294. The molecule has 0 aliphatic heterocycles. The van der Waals surface area contributed by atoms with Gasteiger partial charge in [-0.3, -0.25) is 4.21 Å². The highest BCUT2D eigenvalue weighted by Gasteiger charge is 2.08. The zero-order chi connectivity index (χ0) is 14.4. The summed E-state index contributed by atoms with van der Waals surface area (Å²) >= 11 is 0. The summed E-state index contributed by atoms with van der Waals surface area (Å²) in [5.41, 5.74) is 2.35. The van der Waals surface area contributed by atoms with E-state index in [4.69, 9.17) is 0 Å². The highest BCUT2D eigenvalue weighted by Crippen LogP contribution is 2.26. The van der Waals surface area contributed by atoms with Crippen molar-refractivity contribution >= 4 is 22.2 Å². The van der Waals surface area contributed by atoms with E-state index in [1.54, 1.807) is 6.26 Å². The normalized spacial score (nSPS) is 12.1. The van der Waals surface area contributed by atoms with Crippen LogP contribution in [0, 0.1) is 0 Å². The molecule has 0 heterocycles. The Morgan fingerprint density at radius 2 is 1.55 bits per heavy atom. The van der Waals surface area contributed by atoms with Crippen LogP contribution in [0.1, 0.15) is 19.8 Å². The van der Waals surface area contributed by atoms with E-state index in [1.165, 1.54) is 12.1 Å². The van der Waals surface area contributed by atoms with Gasteiger partial charge in [-0.2, -0.15) is 0 Å². The lowest BCUT2D eigenvalue weighted by Gasteiger charge is -2.25. The Balaban J connectivity index is 2.28. The van der Waals surface area contributed by atoms with Crippen LogP contribution in [0.3, 0.4) is 0 Å². The molecule has 0 amide bonds. The third-order valence-electron chi connectivity index (χ3n) is 3.28. The van der Waals surface area contributed by atoms with Gasteiger partial charge in [0.1, 0.15) is 0 Å². The van der Waals surface area contributed by atoms with Crippen LogP contribution in [0.25, 0.3) is 0 Å². The number of rotatable bonds is 6. The van der Waals surface area contributed by atoms with Gasteiger partial charge >= 0.3 is 0 Å². The van der Waals surface area contributed by atoms with Crippen molar-refractivity contribution in [2.45, 2.75) is 24.7 Å². The molecule has 0 aromatic heterocycles. The second-order valence-corrected chi connectivity index (χ2v) is 6.17. The van der Waals surface area contributed by atoms with E-state index in [0.717, 1.165) is 23.5 Å². The Bertz CT molecular complexity index is 551. The quantitative estimate of drug-likeness (QED) is 0.786. The van der Waals surface area contributed by atoms with Crippen LogP contribution in [0.5, 0.6) is 0 Å². The topological polar surface area (TPSA) is 20.3 Å². The van der Waals surface area contributed by atoms with Crippen molar-refractivity contribution in [3.05, 3.63) is 54.6 Å². The maximum Gasteiger partial charge on any atom is 0.0498 e. The zero-order valence-corrected chi connectivity index (χ0v) is 12.9. The van der Waals surface area contributed by atoms with Crippen molar-refractivity contribution < 1.29 is 4.21 Å². The molecule has 1 atom stereocenters. The molecule has 0 saturated carbocycles. The second-order valence-electron chi connectivity index (χ2n) is 4.79. The van der Waals surface area contributed by atoms with Crippen LogP contribution in [0.2, 0.25) is 0 Å². The molecule has 0 aliphatic rings. The Morgan fingerprint density at radius 1 is 0.950 bits per heavy atom. The molecule has 0 bridgehead atoms. The fourth-order valence-electron chi connectivity index (χ4n) is 2.15. The summed E-state index contributed by atoms with van der Waals surface area (Å²) in [6, 6.07) is 18.4. The van der Waals surface area contributed by atoms with E-state index in [-0.39, 0.29) is 0 Å². The lowest BCUT2D eigenvalue weighted by Crippen LogP contribution is -2.18. The lowest BCUT2D eigenvalue weighted by atomic mass is 10.2. The molecule has 0 fully saturated rings. The van der Waals surface area contributed by atoms with Gasteiger partial charge in [-0.15, -0.1) is 0 Å². The number of nitrogens with zero attached hydrogens (tertiary/aromatic N) is 1. The molecule has 1 unspecified atom stereocenters. The molecule has 0 aliphatic carbocycles. The first-order valence-corrected chi connectivity index (χ1v) is 8.54. The van der Waals surface area contributed by atoms with E-state index in [9.17, 15) is 4.21 Å². The van der Waals surface area contributed by atoms with Gasteiger partial charge in [0.2, 0.25) is 0 Å². The van der Waals surface area contributed by atoms with Gasteiger partial charge in [-0.05, 0) is 42.8 Å². The van der Waals surface area contributed by atoms with Crippen LogP contribution < -0.4 is 4.90 Å². The minimum atomic E-state index is -0.919. The fourth-order valence-corrected chi connectivity index (χ4v) is 2.67. The molecule has 2 aromatic rings. The highest BCUT2D eigenvalue weighted by molar-refractivity contribution is 7.84. The number of hydrogen-bond acceptors (Lipinski definition) is 2. The molecule has 20 heavy (non-hydrogen) atoms. The van der Waals surface area contributed by atoms with Crippen LogP contribution in [-0.2, 0) is 10.8 Å². The molecule has 0 spiro atoms. The average Bonchev–Trinajstić information content (AvgIpc) is 2.49. The first-order valence-electron chi connectivity index (χ1n) is 6.98. The minimum Gasteiger partial charge on any atom is -0.341 e.